The Morgan fingerprint density at radius 3 is 2.92 bits per heavy atom. The number of para-hydroxylation sites is 1. The zero-order valence-corrected chi connectivity index (χ0v) is 15.5. The van der Waals surface area contributed by atoms with E-state index in [0.717, 1.165) is 44.1 Å². The fourth-order valence-corrected chi connectivity index (χ4v) is 6.54. The van der Waals surface area contributed by atoms with Crippen molar-refractivity contribution >= 4 is 0 Å². The summed E-state index contributed by atoms with van der Waals surface area (Å²) < 4.78 is 0. The molecule has 4 aliphatic heterocycles. The first kappa shape index (κ1) is 17.0. The summed E-state index contributed by atoms with van der Waals surface area (Å²) >= 11 is 0. The van der Waals surface area contributed by atoms with Crippen molar-refractivity contribution in [2.24, 2.45) is 23.2 Å². The second-order valence-corrected chi connectivity index (χ2v) is 9.08. The molecule has 4 unspecified atom stereocenters. The fraction of sp³-hybridized carbons (Fsp3) is 0.714. The highest BCUT2D eigenvalue weighted by molar-refractivity contribution is 5.31. The molecule has 1 aromatic rings. The van der Waals surface area contributed by atoms with E-state index >= 15 is 0 Å². The second kappa shape index (κ2) is 6.48. The molecule has 0 saturated carbocycles. The van der Waals surface area contributed by atoms with Crippen molar-refractivity contribution in [3.63, 3.8) is 0 Å². The van der Waals surface area contributed by atoms with Crippen molar-refractivity contribution in [1.29, 1.82) is 0 Å². The van der Waals surface area contributed by atoms with E-state index in [4.69, 9.17) is 0 Å². The molecule has 5 rings (SSSR count). The molecule has 4 saturated heterocycles. The Kier molecular flexibility index (Phi) is 4.24. The van der Waals surface area contributed by atoms with Gasteiger partial charge < -0.3 is 15.5 Å². The molecule has 26 heavy (non-hydrogen) atoms. The summed E-state index contributed by atoms with van der Waals surface area (Å²) in [4.78, 5) is 5.15. The van der Waals surface area contributed by atoms with E-state index < -0.39 is 0 Å². The van der Waals surface area contributed by atoms with E-state index in [9.17, 15) is 10.2 Å². The summed E-state index contributed by atoms with van der Waals surface area (Å²) in [6, 6.07) is 7.67. The van der Waals surface area contributed by atoms with Gasteiger partial charge in [-0.15, -0.1) is 0 Å². The number of aliphatic hydroxyl groups is 1. The Bertz CT molecular complexity index is 668. The lowest BCUT2D eigenvalue weighted by Crippen LogP contribution is -2.53. The van der Waals surface area contributed by atoms with Gasteiger partial charge in [-0.2, -0.15) is 0 Å². The number of hydrogen-bond donors (Lipinski definition) is 3. The number of nitrogens with zero attached hydrogens (tertiary/aromatic N) is 2. The van der Waals surface area contributed by atoms with Crippen LogP contribution < -0.4 is 5.32 Å². The summed E-state index contributed by atoms with van der Waals surface area (Å²) in [7, 11) is 0. The zero-order valence-electron chi connectivity index (χ0n) is 15.5. The molecule has 0 aromatic heterocycles. The van der Waals surface area contributed by atoms with Gasteiger partial charge in [-0.25, -0.2) is 0 Å². The minimum Gasteiger partial charge on any atom is -0.508 e. The van der Waals surface area contributed by atoms with Crippen LogP contribution in [0.25, 0.3) is 0 Å². The van der Waals surface area contributed by atoms with E-state index in [1.165, 1.54) is 25.9 Å². The summed E-state index contributed by atoms with van der Waals surface area (Å²) in [5.41, 5.74) is 1.38. The Morgan fingerprint density at radius 2 is 2.12 bits per heavy atom. The van der Waals surface area contributed by atoms with Gasteiger partial charge in [0.05, 0.1) is 6.17 Å². The van der Waals surface area contributed by atoms with Gasteiger partial charge in [0.2, 0.25) is 0 Å². The third-order valence-electron chi connectivity index (χ3n) is 7.68. The number of phenolic OH excluding ortho intramolecular Hbond substituents is 1. The van der Waals surface area contributed by atoms with Crippen molar-refractivity contribution in [3.8, 4) is 5.75 Å². The largest absolute Gasteiger partial charge is 0.508 e. The van der Waals surface area contributed by atoms with Crippen LogP contribution in [0.2, 0.25) is 0 Å². The van der Waals surface area contributed by atoms with Crippen LogP contribution in [0, 0.1) is 23.2 Å². The third kappa shape index (κ3) is 2.60. The Labute approximate surface area is 156 Å². The molecule has 6 atom stereocenters. The molecule has 0 amide bonds. The van der Waals surface area contributed by atoms with E-state index in [-0.39, 0.29) is 6.61 Å². The molecule has 4 bridgehead atoms. The van der Waals surface area contributed by atoms with Crippen LogP contribution in [0.3, 0.4) is 0 Å². The topological polar surface area (TPSA) is 59.0 Å². The summed E-state index contributed by atoms with van der Waals surface area (Å²) in [5.74, 6) is 2.15. The molecule has 0 aliphatic carbocycles. The standard InChI is InChI=1S/C21H31N3O2/c25-12-15-8-17(11-23(9-15)10-16-4-1-2-6-19(16)26)21-13-22-20-18(21)5-3-7-24(20)14-21/h1-2,4,6,15,17-18,20,22,25-26H,3,5,7-14H2/t15-,17-,18?,20?,21?/m1/s1. The maximum absolute atomic E-state index is 10.2. The van der Waals surface area contributed by atoms with Crippen molar-refractivity contribution in [1.82, 2.24) is 15.1 Å². The number of hydrogen-bond acceptors (Lipinski definition) is 5. The molecule has 142 valence electrons. The molecule has 1 aromatic carbocycles. The van der Waals surface area contributed by atoms with E-state index in [0.29, 0.717) is 29.2 Å². The average molecular weight is 357 g/mol. The molecule has 5 heteroatoms. The number of benzene rings is 1. The predicted molar refractivity (Wildman–Crippen MR) is 101 cm³/mol. The number of piperidine rings is 2. The average Bonchev–Trinajstić information content (AvgIpc) is 3.12. The highest BCUT2D eigenvalue weighted by Gasteiger charge is 2.61. The van der Waals surface area contributed by atoms with E-state index in [1.807, 2.05) is 18.2 Å². The van der Waals surface area contributed by atoms with Crippen LogP contribution >= 0.6 is 0 Å². The lowest BCUT2D eigenvalue weighted by atomic mass is 9.64. The minimum atomic E-state index is 0.273. The lowest BCUT2D eigenvalue weighted by Gasteiger charge is -2.46. The van der Waals surface area contributed by atoms with E-state index in [2.05, 4.69) is 15.1 Å². The van der Waals surface area contributed by atoms with Gasteiger partial charge in [0.25, 0.3) is 0 Å². The van der Waals surface area contributed by atoms with Crippen molar-refractivity contribution in [2.75, 3.05) is 39.3 Å². The Morgan fingerprint density at radius 1 is 1.23 bits per heavy atom. The molecule has 5 nitrogen and oxygen atoms in total. The van der Waals surface area contributed by atoms with Gasteiger partial charge >= 0.3 is 0 Å². The number of aromatic hydroxyl groups is 1. The smallest absolute Gasteiger partial charge is 0.120 e. The van der Waals surface area contributed by atoms with Crippen LogP contribution in [0.15, 0.2) is 24.3 Å². The molecule has 4 heterocycles. The van der Waals surface area contributed by atoms with Gasteiger partial charge in [-0.3, -0.25) is 9.80 Å². The Hall–Kier alpha value is -1.14. The third-order valence-corrected chi connectivity index (χ3v) is 7.68. The quantitative estimate of drug-likeness (QED) is 0.762. The van der Waals surface area contributed by atoms with Crippen molar-refractivity contribution < 1.29 is 10.2 Å². The normalized spacial score (nSPS) is 42.3. The first-order chi connectivity index (χ1) is 12.7. The number of likely N-dealkylation sites (tertiary alicyclic amines) is 1. The van der Waals surface area contributed by atoms with Crippen LogP contribution in [0.5, 0.6) is 5.75 Å². The molecular formula is C21H31N3O2. The maximum Gasteiger partial charge on any atom is 0.120 e. The molecule has 3 N–H and O–H groups in total. The molecular weight excluding hydrogens is 326 g/mol. The first-order valence-electron chi connectivity index (χ1n) is 10.3. The first-order valence-corrected chi connectivity index (χ1v) is 10.3. The molecule has 0 spiro atoms. The Balaban J connectivity index is 1.38. The van der Waals surface area contributed by atoms with E-state index in [1.54, 1.807) is 6.07 Å². The maximum atomic E-state index is 10.2. The number of phenols is 1. The summed E-state index contributed by atoms with van der Waals surface area (Å²) in [5, 5.41) is 23.9. The highest BCUT2D eigenvalue weighted by Crippen LogP contribution is 2.55. The SMILES string of the molecule is OC[C@@H]1C[C@@H](C23CNC4C2CCCN4C3)CN(Cc2ccccc2O)C1. The number of rotatable bonds is 4. The van der Waals surface area contributed by atoms with Gasteiger partial charge in [0.1, 0.15) is 5.75 Å². The van der Waals surface area contributed by atoms with Crippen LogP contribution in [0.4, 0.5) is 0 Å². The molecule has 0 radical (unpaired) electrons. The van der Waals surface area contributed by atoms with Gasteiger partial charge in [0, 0.05) is 50.3 Å². The predicted octanol–water partition coefficient (Wildman–Crippen LogP) is 1.46. The second-order valence-electron chi connectivity index (χ2n) is 9.08. The summed E-state index contributed by atoms with van der Waals surface area (Å²) in [6.45, 7) is 6.70. The van der Waals surface area contributed by atoms with Gasteiger partial charge in [-0.05, 0) is 49.6 Å². The van der Waals surface area contributed by atoms with Gasteiger partial charge in [-0.1, -0.05) is 18.2 Å². The fourth-order valence-electron chi connectivity index (χ4n) is 6.54. The van der Waals surface area contributed by atoms with Crippen LogP contribution in [-0.2, 0) is 6.54 Å². The number of nitrogens with one attached hydrogen (secondary N) is 1. The summed E-state index contributed by atoms with van der Waals surface area (Å²) in [6.07, 6.45) is 4.44. The van der Waals surface area contributed by atoms with Crippen molar-refractivity contribution in [3.05, 3.63) is 29.8 Å². The molecule has 4 fully saturated rings. The minimum absolute atomic E-state index is 0.273. The zero-order chi connectivity index (χ0) is 17.7. The van der Waals surface area contributed by atoms with Crippen molar-refractivity contribution in [2.45, 2.75) is 32.0 Å². The van der Waals surface area contributed by atoms with Crippen LogP contribution in [-0.4, -0.2) is 65.5 Å². The van der Waals surface area contributed by atoms with Crippen LogP contribution in [0.1, 0.15) is 24.8 Å². The number of aliphatic hydroxyl groups excluding tert-OH is 1. The monoisotopic (exact) mass is 357 g/mol. The molecule has 4 aliphatic rings. The lowest BCUT2D eigenvalue weighted by molar-refractivity contribution is 0.00753. The highest BCUT2D eigenvalue weighted by atomic mass is 16.3. The van der Waals surface area contributed by atoms with Gasteiger partial charge in [0.15, 0.2) is 0 Å².